The van der Waals surface area contributed by atoms with Crippen LogP contribution in [0.1, 0.15) is 11.1 Å². The summed E-state index contributed by atoms with van der Waals surface area (Å²) in [5.74, 6) is 0.940. The van der Waals surface area contributed by atoms with Crippen LogP contribution >= 0.6 is 0 Å². The molecule has 0 heterocycles. The highest BCUT2D eigenvalue weighted by Gasteiger charge is 1.97. The highest BCUT2D eigenvalue weighted by atomic mass is 16.5. The minimum atomic E-state index is 0.575. The van der Waals surface area contributed by atoms with Crippen molar-refractivity contribution < 1.29 is 4.74 Å². The van der Waals surface area contributed by atoms with Crippen LogP contribution in [0.25, 0.3) is 0 Å². The molecule has 0 aliphatic carbocycles. The van der Waals surface area contributed by atoms with E-state index in [0.717, 1.165) is 16.9 Å². The van der Waals surface area contributed by atoms with E-state index in [2.05, 4.69) is 6.07 Å². The Bertz CT molecular complexity index is 420. The smallest absolute Gasteiger partial charge is 0.122 e. The summed E-state index contributed by atoms with van der Waals surface area (Å²) in [6, 6.07) is 19.0. The van der Waals surface area contributed by atoms with Crippen molar-refractivity contribution in [3.05, 3.63) is 65.7 Å². The molecule has 1 heteroatoms. The molecule has 0 aromatic heterocycles. The van der Waals surface area contributed by atoms with Crippen molar-refractivity contribution in [3.63, 3.8) is 0 Å². The van der Waals surface area contributed by atoms with Gasteiger partial charge in [0.25, 0.3) is 0 Å². The molecule has 0 bridgehead atoms. The first-order valence-electron chi connectivity index (χ1n) is 5.00. The van der Waals surface area contributed by atoms with Crippen LogP contribution in [-0.4, -0.2) is 0 Å². The summed E-state index contributed by atoms with van der Waals surface area (Å²) in [5.41, 5.74) is 2.23. The molecule has 2 aromatic carbocycles. The van der Waals surface area contributed by atoms with Gasteiger partial charge in [0.05, 0.1) is 0 Å². The summed E-state index contributed by atoms with van der Waals surface area (Å²) >= 11 is 0. The quantitative estimate of drug-likeness (QED) is 0.733. The van der Waals surface area contributed by atoms with Gasteiger partial charge >= 0.3 is 0 Å². The molecule has 15 heavy (non-hydrogen) atoms. The van der Waals surface area contributed by atoms with E-state index in [1.165, 1.54) is 0 Å². The number of hydrogen-bond donors (Lipinski definition) is 0. The first-order chi connectivity index (χ1) is 7.36. The van der Waals surface area contributed by atoms with Gasteiger partial charge in [0.15, 0.2) is 0 Å². The molecule has 0 aliphatic rings. The van der Waals surface area contributed by atoms with Crippen LogP contribution in [0.3, 0.4) is 0 Å². The molecular weight excluding hydrogens is 184 g/mol. The maximum Gasteiger partial charge on any atom is 0.122 e. The Morgan fingerprint density at radius 2 is 1.87 bits per heavy atom. The first kappa shape index (κ1) is 9.78. The molecule has 0 unspecified atom stereocenters. The third-order valence-electron chi connectivity index (χ3n) is 2.25. The van der Waals surface area contributed by atoms with E-state index in [1.807, 2.05) is 55.5 Å². The fourth-order valence-electron chi connectivity index (χ4n) is 1.39. The molecule has 0 N–H and O–H groups in total. The molecule has 0 aliphatic heterocycles. The zero-order valence-corrected chi connectivity index (χ0v) is 8.73. The van der Waals surface area contributed by atoms with Crippen LogP contribution in [-0.2, 0) is 6.61 Å². The molecule has 0 saturated heterocycles. The number of benzene rings is 2. The number of para-hydroxylation sites is 1. The van der Waals surface area contributed by atoms with E-state index in [4.69, 9.17) is 4.74 Å². The Labute approximate surface area is 90.3 Å². The maximum absolute atomic E-state index is 5.69. The Kier molecular flexibility index (Phi) is 3.03. The van der Waals surface area contributed by atoms with Crippen molar-refractivity contribution in [2.75, 3.05) is 0 Å². The molecule has 2 aromatic rings. The van der Waals surface area contributed by atoms with Gasteiger partial charge in [-0.25, -0.2) is 0 Å². The molecule has 0 spiro atoms. The van der Waals surface area contributed by atoms with Crippen LogP contribution in [0.5, 0.6) is 5.75 Å². The van der Waals surface area contributed by atoms with Gasteiger partial charge < -0.3 is 4.74 Å². The number of hydrogen-bond acceptors (Lipinski definition) is 1. The lowest BCUT2D eigenvalue weighted by molar-refractivity contribution is 0.304. The summed E-state index contributed by atoms with van der Waals surface area (Å²) in [6.45, 7) is 2.62. The second-order valence-corrected chi connectivity index (χ2v) is 3.44. The predicted octanol–water partition coefficient (Wildman–Crippen LogP) is 3.37. The first-order valence-corrected chi connectivity index (χ1v) is 5.00. The van der Waals surface area contributed by atoms with Crippen molar-refractivity contribution in [3.8, 4) is 5.75 Å². The Morgan fingerprint density at radius 3 is 2.60 bits per heavy atom. The molecule has 0 saturated carbocycles. The average Bonchev–Trinajstić information content (AvgIpc) is 2.29. The van der Waals surface area contributed by atoms with Gasteiger partial charge in [0.2, 0.25) is 0 Å². The lowest BCUT2D eigenvalue weighted by atomic mass is 10.2. The number of ether oxygens (including phenoxy) is 1. The second kappa shape index (κ2) is 4.65. The Morgan fingerprint density at radius 1 is 1.07 bits per heavy atom. The molecule has 0 amide bonds. The van der Waals surface area contributed by atoms with E-state index < -0.39 is 0 Å². The Balaban J connectivity index is 2.03. The summed E-state index contributed by atoms with van der Waals surface area (Å²) < 4.78 is 5.69. The molecule has 1 radical (unpaired) electrons. The summed E-state index contributed by atoms with van der Waals surface area (Å²) in [5, 5.41) is 0. The van der Waals surface area contributed by atoms with Crippen molar-refractivity contribution in [1.82, 2.24) is 0 Å². The van der Waals surface area contributed by atoms with E-state index >= 15 is 0 Å². The third-order valence-corrected chi connectivity index (χ3v) is 2.25. The molecule has 2 rings (SSSR count). The molecule has 0 fully saturated rings. The second-order valence-electron chi connectivity index (χ2n) is 3.44. The zero-order chi connectivity index (χ0) is 10.5. The van der Waals surface area contributed by atoms with Crippen molar-refractivity contribution >= 4 is 0 Å². The normalized spacial score (nSPS) is 9.93. The lowest BCUT2D eigenvalue weighted by Gasteiger charge is -2.08. The minimum absolute atomic E-state index is 0.575. The van der Waals surface area contributed by atoms with Crippen LogP contribution < -0.4 is 4.74 Å². The monoisotopic (exact) mass is 197 g/mol. The largest absolute Gasteiger partial charge is 0.489 e. The molecule has 75 valence electrons. The highest BCUT2D eigenvalue weighted by Crippen LogP contribution is 2.17. The van der Waals surface area contributed by atoms with Gasteiger partial charge in [-0.3, -0.25) is 0 Å². The van der Waals surface area contributed by atoms with E-state index in [-0.39, 0.29) is 0 Å². The highest BCUT2D eigenvalue weighted by molar-refractivity contribution is 5.32. The summed E-state index contributed by atoms with van der Waals surface area (Å²) in [6.07, 6.45) is 0. The maximum atomic E-state index is 5.69. The van der Waals surface area contributed by atoms with Gasteiger partial charge in [-0.05, 0) is 30.2 Å². The number of rotatable bonds is 3. The van der Waals surface area contributed by atoms with Crippen molar-refractivity contribution in [1.29, 1.82) is 0 Å². The van der Waals surface area contributed by atoms with E-state index in [1.54, 1.807) is 0 Å². The number of aryl methyl sites for hydroxylation is 1. The predicted molar refractivity (Wildman–Crippen MR) is 60.8 cm³/mol. The van der Waals surface area contributed by atoms with Crippen LogP contribution in [0.4, 0.5) is 0 Å². The molecule has 1 nitrogen and oxygen atoms in total. The molecular formula is C14H13O. The van der Waals surface area contributed by atoms with Gasteiger partial charge in [-0.15, -0.1) is 0 Å². The van der Waals surface area contributed by atoms with E-state index in [0.29, 0.717) is 6.61 Å². The van der Waals surface area contributed by atoms with Gasteiger partial charge in [-0.1, -0.05) is 42.5 Å². The lowest BCUT2D eigenvalue weighted by Crippen LogP contribution is -1.96. The van der Waals surface area contributed by atoms with Gasteiger partial charge in [-0.2, -0.15) is 0 Å². The van der Waals surface area contributed by atoms with E-state index in [9.17, 15) is 0 Å². The SMILES string of the molecule is Cc1ccccc1OCc1[c]cccc1. The third kappa shape index (κ3) is 2.59. The summed E-state index contributed by atoms with van der Waals surface area (Å²) in [4.78, 5) is 0. The molecule has 0 atom stereocenters. The van der Waals surface area contributed by atoms with Crippen molar-refractivity contribution in [2.45, 2.75) is 13.5 Å². The van der Waals surface area contributed by atoms with Crippen molar-refractivity contribution in [2.24, 2.45) is 0 Å². The Hall–Kier alpha value is -1.76. The fourth-order valence-corrected chi connectivity index (χ4v) is 1.39. The van der Waals surface area contributed by atoms with Gasteiger partial charge in [0.1, 0.15) is 12.4 Å². The summed E-state index contributed by atoms with van der Waals surface area (Å²) in [7, 11) is 0. The van der Waals surface area contributed by atoms with Crippen LogP contribution in [0, 0.1) is 13.0 Å². The zero-order valence-electron chi connectivity index (χ0n) is 8.73. The topological polar surface area (TPSA) is 9.23 Å². The van der Waals surface area contributed by atoms with Gasteiger partial charge in [0, 0.05) is 0 Å². The minimum Gasteiger partial charge on any atom is -0.489 e. The van der Waals surface area contributed by atoms with Crippen LogP contribution in [0.2, 0.25) is 0 Å². The van der Waals surface area contributed by atoms with Crippen LogP contribution in [0.15, 0.2) is 48.5 Å². The average molecular weight is 197 g/mol. The standard InChI is InChI=1S/C14H13O/c1-12-7-5-6-10-14(12)15-11-13-8-3-2-4-9-13/h2-8,10H,11H2,1H3. The fraction of sp³-hybridized carbons (Fsp3) is 0.143.